The molecule has 0 aromatic heterocycles. The first-order chi connectivity index (χ1) is 15.4. The molecule has 0 heterocycles. The predicted molar refractivity (Wildman–Crippen MR) is 119 cm³/mol. The van der Waals surface area contributed by atoms with Crippen LogP contribution >= 0.6 is 0 Å². The molecule has 0 bridgehead atoms. The van der Waals surface area contributed by atoms with Crippen molar-refractivity contribution >= 4 is 18.0 Å². The number of amides is 2. The number of ether oxygens (including phenoxy) is 1. The fourth-order valence-electron chi connectivity index (χ4n) is 4.50. The van der Waals surface area contributed by atoms with Gasteiger partial charge in [0.2, 0.25) is 5.91 Å². The Balaban J connectivity index is 1.42. The molecule has 7 nitrogen and oxygen atoms in total. The van der Waals surface area contributed by atoms with Crippen LogP contribution in [0.3, 0.4) is 0 Å². The molecule has 0 saturated heterocycles. The van der Waals surface area contributed by atoms with Gasteiger partial charge in [0.15, 0.2) is 0 Å². The molecule has 1 saturated carbocycles. The topological polar surface area (TPSA) is 95.9 Å². The van der Waals surface area contributed by atoms with Gasteiger partial charge in [0, 0.05) is 19.0 Å². The fraction of sp³-hybridized carbons (Fsp3) is 0.400. The van der Waals surface area contributed by atoms with Crippen LogP contribution in [-0.4, -0.2) is 53.7 Å². The summed E-state index contributed by atoms with van der Waals surface area (Å²) in [6.07, 6.45) is 0.828. The van der Waals surface area contributed by atoms with Crippen LogP contribution in [0.5, 0.6) is 0 Å². The van der Waals surface area contributed by atoms with E-state index in [1.807, 2.05) is 55.5 Å². The highest BCUT2D eigenvalue weighted by atomic mass is 16.5. The lowest BCUT2D eigenvalue weighted by atomic mass is 9.98. The maximum Gasteiger partial charge on any atom is 0.407 e. The zero-order valence-corrected chi connectivity index (χ0v) is 18.3. The van der Waals surface area contributed by atoms with E-state index < -0.39 is 30.4 Å². The number of hydrogen-bond donors (Lipinski definition) is 2. The molecule has 2 N–H and O–H groups in total. The number of carboxylic acids is 1. The maximum atomic E-state index is 12.9. The molecule has 2 aromatic rings. The number of aliphatic carboxylic acids is 1. The number of benzene rings is 2. The zero-order chi connectivity index (χ0) is 22.8. The normalized spacial score (nSPS) is 16.4. The van der Waals surface area contributed by atoms with Crippen LogP contribution in [0, 0.1) is 5.92 Å². The van der Waals surface area contributed by atoms with Crippen molar-refractivity contribution in [2.75, 3.05) is 13.7 Å². The summed E-state index contributed by atoms with van der Waals surface area (Å²) in [5, 5.41) is 11.7. The molecule has 1 fully saturated rings. The Kier molecular flexibility index (Phi) is 6.17. The molecule has 0 radical (unpaired) electrons. The van der Waals surface area contributed by atoms with Crippen molar-refractivity contribution in [3.63, 3.8) is 0 Å². The standard InChI is InChI=1S/C25H28N2O5/c1-15(16-11-12-16)27(2)24(30)22(13-23(28)29)26-25(31)32-14-21-19-9-5-3-7-17(19)18-8-4-6-10-20(18)21/h3-10,15-16,21-22H,11-14H2,1-2H3,(H,26,31)(H,28,29). The van der Waals surface area contributed by atoms with Crippen molar-refractivity contribution in [3.05, 3.63) is 59.7 Å². The van der Waals surface area contributed by atoms with Crippen molar-refractivity contribution in [2.45, 2.75) is 44.2 Å². The number of carbonyl (C=O) groups excluding carboxylic acids is 2. The molecule has 7 heteroatoms. The Bertz CT molecular complexity index is 987. The second-order valence-corrected chi connectivity index (χ2v) is 8.65. The molecular weight excluding hydrogens is 408 g/mol. The molecule has 2 aromatic carbocycles. The number of nitrogens with one attached hydrogen (secondary N) is 1. The average molecular weight is 437 g/mol. The van der Waals surface area contributed by atoms with Gasteiger partial charge < -0.3 is 20.1 Å². The van der Waals surface area contributed by atoms with Crippen LogP contribution in [0.15, 0.2) is 48.5 Å². The van der Waals surface area contributed by atoms with Crippen molar-refractivity contribution in [1.29, 1.82) is 0 Å². The van der Waals surface area contributed by atoms with Crippen LogP contribution in [-0.2, 0) is 14.3 Å². The lowest BCUT2D eigenvalue weighted by molar-refractivity contribution is -0.142. The van der Waals surface area contributed by atoms with Crippen LogP contribution in [0.2, 0.25) is 0 Å². The molecule has 32 heavy (non-hydrogen) atoms. The Labute approximate surface area is 187 Å². The van der Waals surface area contributed by atoms with E-state index in [1.54, 1.807) is 7.05 Å². The van der Waals surface area contributed by atoms with E-state index >= 15 is 0 Å². The van der Waals surface area contributed by atoms with Crippen LogP contribution < -0.4 is 5.32 Å². The van der Waals surface area contributed by atoms with Gasteiger partial charge in [-0.25, -0.2) is 4.79 Å². The van der Waals surface area contributed by atoms with E-state index in [2.05, 4.69) is 5.32 Å². The Morgan fingerprint density at radius 2 is 1.62 bits per heavy atom. The van der Waals surface area contributed by atoms with E-state index in [4.69, 9.17) is 4.74 Å². The van der Waals surface area contributed by atoms with Gasteiger partial charge in [-0.2, -0.15) is 0 Å². The van der Waals surface area contributed by atoms with E-state index in [0.29, 0.717) is 5.92 Å². The highest BCUT2D eigenvalue weighted by Crippen LogP contribution is 2.44. The largest absolute Gasteiger partial charge is 0.481 e. The summed E-state index contributed by atoms with van der Waals surface area (Å²) >= 11 is 0. The fourth-order valence-corrected chi connectivity index (χ4v) is 4.50. The average Bonchev–Trinajstić information content (AvgIpc) is 3.58. The molecule has 0 aliphatic heterocycles. The quantitative estimate of drug-likeness (QED) is 0.659. The lowest BCUT2D eigenvalue weighted by Crippen LogP contribution is -2.51. The minimum absolute atomic E-state index is 0.00288. The Morgan fingerprint density at radius 3 is 2.16 bits per heavy atom. The maximum absolute atomic E-state index is 12.9. The van der Waals surface area contributed by atoms with Crippen molar-refractivity contribution in [3.8, 4) is 11.1 Å². The number of carboxylic acid groups (broad SMARTS) is 1. The monoisotopic (exact) mass is 436 g/mol. The number of carbonyl (C=O) groups is 3. The molecule has 0 spiro atoms. The van der Waals surface area contributed by atoms with Crippen molar-refractivity contribution < 1.29 is 24.2 Å². The lowest BCUT2D eigenvalue weighted by Gasteiger charge is -2.29. The van der Waals surface area contributed by atoms with Crippen molar-refractivity contribution in [1.82, 2.24) is 10.2 Å². The summed E-state index contributed by atoms with van der Waals surface area (Å²) < 4.78 is 5.49. The molecule has 2 atom stereocenters. The second-order valence-electron chi connectivity index (χ2n) is 8.65. The highest BCUT2D eigenvalue weighted by molar-refractivity contribution is 5.89. The van der Waals surface area contributed by atoms with Gasteiger partial charge in [-0.15, -0.1) is 0 Å². The Morgan fingerprint density at radius 1 is 1.06 bits per heavy atom. The van der Waals surface area contributed by atoms with Crippen LogP contribution in [0.4, 0.5) is 4.79 Å². The van der Waals surface area contributed by atoms with Crippen LogP contribution in [0.1, 0.15) is 43.2 Å². The molecular formula is C25H28N2O5. The van der Waals surface area contributed by atoms with Gasteiger partial charge in [-0.05, 0) is 47.9 Å². The first-order valence-electron chi connectivity index (χ1n) is 11.0. The first kappa shape index (κ1) is 21.9. The molecule has 2 aliphatic rings. The van der Waals surface area contributed by atoms with Crippen LogP contribution in [0.25, 0.3) is 11.1 Å². The molecule has 2 unspecified atom stereocenters. The second kappa shape index (κ2) is 9.02. The predicted octanol–water partition coefficient (Wildman–Crippen LogP) is 3.63. The number of likely N-dealkylation sites (N-methyl/N-ethyl adjacent to an activating group) is 1. The van der Waals surface area contributed by atoms with E-state index in [-0.39, 0.29) is 18.6 Å². The van der Waals surface area contributed by atoms with Crippen molar-refractivity contribution in [2.24, 2.45) is 5.92 Å². The first-order valence-corrected chi connectivity index (χ1v) is 11.0. The summed E-state index contributed by atoms with van der Waals surface area (Å²) in [5.74, 6) is -1.25. The third kappa shape index (κ3) is 4.47. The van der Waals surface area contributed by atoms with E-state index in [1.165, 1.54) is 4.90 Å². The number of rotatable bonds is 8. The van der Waals surface area contributed by atoms with Gasteiger partial charge in [0.05, 0.1) is 6.42 Å². The van der Waals surface area contributed by atoms with Gasteiger partial charge in [0.1, 0.15) is 12.6 Å². The summed E-state index contributed by atoms with van der Waals surface area (Å²) in [7, 11) is 1.65. The SMILES string of the molecule is CC(C1CC1)N(C)C(=O)C(CC(=O)O)NC(=O)OCC1c2ccccc2-c2ccccc21. The molecule has 4 rings (SSSR count). The van der Waals surface area contributed by atoms with E-state index in [0.717, 1.165) is 35.1 Å². The minimum atomic E-state index is -1.17. The van der Waals surface area contributed by atoms with Gasteiger partial charge in [0.25, 0.3) is 0 Å². The summed E-state index contributed by atoms with van der Waals surface area (Å²) in [6.45, 7) is 2.04. The summed E-state index contributed by atoms with van der Waals surface area (Å²) in [6, 6.07) is 14.8. The number of hydrogen-bond acceptors (Lipinski definition) is 4. The van der Waals surface area contributed by atoms with Gasteiger partial charge in [-0.3, -0.25) is 9.59 Å². The third-order valence-corrected chi connectivity index (χ3v) is 6.58. The number of nitrogens with zero attached hydrogens (tertiary/aromatic N) is 1. The van der Waals surface area contributed by atoms with Gasteiger partial charge in [-0.1, -0.05) is 48.5 Å². The molecule has 2 aliphatic carbocycles. The summed E-state index contributed by atoms with van der Waals surface area (Å²) in [4.78, 5) is 38.3. The number of fused-ring (bicyclic) bond motifs is 3. The molecule has 168 valence electrons. The highest BCUT2D eigenvalue weighted by Gasteiger charge is 2.36. The number of alkyl carbamates (subject to hydrolysis) is 1. The smallest absolute Gasteiger partial charge is 0.407 e. The third-order valence-electron chi connectivity index (χ3n) is 6.58. The minimum Gasteiger partial charge on any atom is -0.481 e. The zero-order valence-electron chi connectivity index (χ0n) is 18.3. The Hall–Kier alpha value is -3.35. The molecule has 2 amide bonds. The van der Waals surface area contributed by atoms with Gasteiger partial charge >= 0.3 is 12.1 Å². The summed E-state index contributed by atoms with van der Waals surface area (Å²) in [5.41, 5.74) is 4.40. The van der Waals surface area contributed by atoms with E-state index in [9.17, 15) is 19.5 Å².